The summed E-state index contributed by atoms with van der Waals surface area (Å²) in [5.41, 5.74) is 0. The van der Waals surface area contributed by atoms with E-state index in [4.69, 9.17) is 0 Å². The van der Waals surface area contributed by atoms with Gasteiger partial charge in [-0.1, -0.05) is 24.3 Å². The Morgan fingerprint density at radius 3 is 2.35 bits per heavy atom. The van der Waals surface area contributed by atoms with E-state index in [0.29, 0.717) is 0 Å². The first-order chi connectivity index (χ1) is 7.68. The zero-order valence-corrected chi connectivity index (χ0v) is 11.0. The van der Waals surface area contributed by atoms with Gasteiger partial charge in [-0.15, -0.1) is 16.4 Å². The molecule has 5 heteroatoms. The molecule has 17 heavy (non-hydrogen) atoms. The summed E-state index contributed by atoms with van der Waals surface area (Å²) in [5.74, 6) is 0. The van der Waals surface area contributed by atoms with Gasteiger partial charge in [0.1, 0.15) is 9.84 Å². The van der Waals surface area contributed by atoms with E-state index in [-0.39, 0.29) is 23.8 Å². The smallest absolute Gasteiger partial charge is 0.245 e. The SMILES string of the molecule is O=S(=O)([C-]=Cc1cccs1)c1ccccc1.[Li+]. The van der Waals surface area contributed by atoms with E-state index in [1.807, 2.05) is 17.5 Å². The fraction of sp³-hybridized carbons (Fsp3) is 0. The monoisotopic (exact) mass is 256 g/mol. The van der Waals surface area contributed by atoms with Gasteiger partial charge in [-0.25, -0.2) is 25.8 Å². The number of hydrogen-bond donors (Lipinski definition) is 0. The van der Waals surface area contributed by atoms with Crippen LogP contribution in [0.4, 0.5) is 0 Å². The van der Waals surface area contributed by atoms with Crippen LogP contribution in [0.25, 0.3) is 6.08 Å². The Kier molecular flexibility index (Phi) is 5.22. The van der Waals surface area contributed by atoms with Crippen molar-refractivity contribution < 1.29 is 27.3 Å². The van der Waals surface area contributed by atoms with Crippen LogP contribution in [0.1, 0.15) is 4.88 Å². The molecule has 1 aromatic carbocycles. The summed E-state index contributed by atoms with van der Waals surface area (Å²) in [6.45, 7) is 0. The number of benzene rings is 1. The summed E-state index contributed by atoms with van der Waals surface area (Å²) in [6, 6.07) is 12.0. The summed E-state index contributed by atoms with van der Waals surface area (Å²) < 4.78 is 23.6. The van der Waals surface area contributed by atoms with Crippen molar-refractivity contribution >= 4 is 27.3 Å². The number of thiophene rings is 1. The van der Waals surface area contributed by atoms with Crippen LogP contribution in [0.15, 0.2) is 52.7 Å². The summed E-state index contributed by atoms with van der Waals surface area (Å²) in [4.78, 5) is 1.14. The molecular weight excluding hydrogens is 247 g/mol. The molecule has 1 aromatic heterocycles. The first kappa shape index (κ1) is 14.3. The average molecular weight is 256 g/mol. The molecule has 0 unspecified atom stereocenters. The Balaban J connectivity index is 0.00000144. The molecule has 0 aliphatic heterocycles. The fourth-order valence-electron chi connectivity index (χ4n) is 1.18. The predicted molar refractivity (Wildman–Crippen MR) is 65.7 cm³/mol. The van der Waals surface area contributed by atoms with Gasteiger partial charge in [0.15, 0.2) is 0 Å². The van der Waals surface area contributed by atoms with Gasteiger partial charge in [-0.3, -0.25) is 0 Å². The molecule has 2 aromatic rings. The van der Waals surface area contributed by atoms with E-state index < -0.39 is 9.84 Å². The molecule has 82 valence electrons. The Morgan fingerprint density at radius 1 is 1.06 bits per heavy atom. The van der Waals surface area contributed by atoms with Crippen LogP contribution in [0.2, 0.25) is 0 Å². The molecule has 0 saturated carbocycles. The minimum absolute atomic E-state index is 0. The van der Waals surface area contributed by atoms with Crippen LogP contribution < -0.4 is 18.9 Å². The van der Waals surface area contributed by atoms with Crippen molar-refractivity contribution in [1.82, 2.24) is 0 Å². The Hall–Kier alpha value is -0.793. The molecule has 0 N–H and O–H groups in total. The van der Waals surface area contributed by atoms with Crippen molar-refractivity contribution in [1.29, 1.82) is 0 Å². The van der Waals surface area contributed by atoms with Crippen molar-refractivity contribution in [2.45, 2.75) is 4.90 Å². The van der Waals surface area contributed by atoms with Crippen LogP contribution >= 0.6 is 11.3 Å². The minimum atomic E-state index is -3.44. The Bertz CT molecular complexity index is 572. The number of rotatable bonds is 3. The van der Waals surface area contributed by atoms with E-state index in [1.165, 1.54) is 17.4 Å². The third-order valence-corrected chi connectivity index (χ3v) is 4.09. The van der Waals surface area contributed by atoms with E-state index in [1.54, 1.807) is 30.3 Å². The molecule has 2 nitrogen and oxygen atoms in total. The molecule has 2 rings (SSSR count). The minimum Gasteiger partial charge on any atom is -0.245 e. The quantitative estimate of drug-likeness (QED) is 0.572. The molecule has 0 fully saturated rings. The van der Waals surface area contributed by atoms with Gasteiger partial charge in [0.25, 0.3) is 0 Å². The van der Waals surface area contributed by atoms with Gasteiger partial charge in [-0.2, -0.15) is 0 Å². The Morgan fingerprint density at radius 2 is 1.76 bits per heavy atom. The average Bonchev–Trinajstić information content (AvgIpc) is 2.81. The molecule has 0 bridgehead atoms. The van der Waals surface area contributed by atoms with Crippen LogP contribution in [-0.2, 0) is 9.84 Å². The van der Waals surface area contributed by atoms with Crippen LogP contribution in [0.3, 0.4) is 0 Å². The summed E-state index contributed by atoms with van der Waals surface area (Å²) in [5, 5.41) is 4.33. The summed E-state index contributed by atoms with van der Waals surface area (Å²) in [6.07, 6.45) is 1.49. The molecule has 0 atom stereocenters. The summed E-state index contributed by atoms with van der Waals surface area (Å²) >= 11 is 1.48. The second-order valence-electron chi connectivity index (χ2n) is 3.09. The van der Waals surface area contributed by atoms with Gasteiger partial charge >= 0.3 is 18.9 Å². The maximum absolute atomic E-state index is 11.8. The van der Waals surface area contributed by atoms with Gasteiger partial charge in [0.2, 0.25) is 0 Å². The van der Waals surface area contributed by atoms with Crippen LogP contribution in [0.5, 0.6) is 0 Å². The first-order valence-corrected chi connectivity index (χ1v) is 6.99. The number of sulfone groups is 1. The molecule has 0 amide bonds. The molecule has 1 heterocycles. The normalized spacial score (nSPS) is 11.3. The molecule has 0 aliphatic rings. The third kappa shape index (κ3) is 3.86. The second kappa shape index (κ2) is 6.22. The third-order valence-electron chi connectivity index (χ3n) is 1.95. The van der Waals surface area contributed by atoms with Gasteiger partial charge < -0.3 is 0 Å². The molecule has 0 aliphatic carbocycles. The van der Waals surface area contributed by atoms with Crippen LogP contribution in [0, 0.1) is 5.41 Å². The van der Waals surface area contributed by atoms with Crippen molar-refractivity contribution in [3.8, 4) is 0 Å². The first-order valence-electron chi connectivity index (χ1n) is 4.62. The standard InChI is InChI=1S/C12H9O2S2.Li/c13-16(14,12-6-2-1-3-7-12)10-8-11-5-4-9-15-11;/h1-9H;/q-1;+1. The van der Waals surface area contributed by atoms with Crippen molar-refractivity contribution in [3.05, 3.63) is 58.1 Å². The van der Waals surface area contributed by atoms with Gasteiger partial charge in [0, 0.05) is 0 Å². The molecule has 0 spiro atoms. The maximum atomic E-state index is 11.8. The zero-order valence-electron chi connectivity index (χ0n) is 9.33. The van der Waals surface area contributed by atoms with E-state index in [9.17, 15) is 8.42 Å². The molecule has 0 saturated heterocycles. The fourth-order valence-corrected chi connectivity index (χ4v) is 2.78. The maximum Gasteiger partial charge on any atom is 1.00 e. The summed E-state index contributed by atoms with van der Waals surface area (Å²) in [7, 11) is -3.44. The van der Waals surface area contributed by atoms with Crippen molar-refractivity contribution in [2.24, 2.45) is 0 Å². The predicted octanol–water partition coefficient (Wildman–Crippen LogP) is -0.000110. The van der Waals surface area contributed by atoms with E-state index in [0.717, 1.165) is 4.88 Å². The van der Waals surface area contributed by atoms with Gasteiger partial charge in [0.05, 0.1) is 4.90 Å². The topological polar surface area (TPSA) is 34.1 Å². The zero-order chi connectivity index (χ0) is 11.4. The molecular formula is C12H9LiO2S2. The van der Waals surface area contributed by atoms with Gasteiger partial charge in [-0.05, 0) is 17.5 Å². The molecule has 0 radical (unpaired) electrons. The van der Waals surface area contributed by atoms with E-state index in [2.05, 4.69) is 5.41 Å². The number of hydrogen-bond acceptors (Lipinski definition) is 3. The van der Waals surface area contributed by atoms with Crippen LogP contribution in [-0.4, -0.2) is 8.42 Å². The van der Waals surface area contributed by atoms with E-state index >= 15 is 0 Å². The van der Waals surface area contributed by atoms with Crippen molar-refractivity contribution in [2.75, 3.05) is 0 Å². The van der Waals surface area contributed by atoms with Crippen molar-refractivity contribution in [3.63, 3.8) is 0 Å². The Labute approximate surface area is 117 Å². The second-order valence-corrected chi connectivity index (χ2v) is 5.79. The largest absolute Gasteiger partial charge is 1.00 e.